The fourth-order valence-corrected chi connectivity index (χ4v) is 2.74. The van der Waals surface area contributed by atoms with Crippen molar-refractivity contribution in [3.63, 3.8) is 0 Å². The lowest BCUT2D eigenvalue weighted by Gasteiger charge is -2.00. The Labute approximate surface area is 130 Å². The Hall–Kier alpha value is -3.22. The van der Waals surface area contributed by atoms with Crippen LogP contribution >= 0.6 is 11.3 Å². The van der Waals surface area contributed by atoms with Gasteiger partial charge in [-0.1, -0.05) is 12.1 Å². The van der Waals surface area contributed by atoms with Crippen LogP contribution in [0.5, 0.6) is 0 Å². The summed E-state index contributed by atoms with van der Waals surface area (Å²) in [7, 11) is 0. The molecule has 3 aromatic rings. The van der Waals surface area contributed by atoms with E-state index in [2.05, 4.69) is 21.6 Å². The molecule has 1 N–H and O–H groups in total. The molecular weight excluding hydrogens is 294 g/mol. The van der Waals surface area contributed by atoms with E-state index in [0.29, 0.717) is 16.3 Å². The lowest BCUT2D eigenvalue weighted by molar-refractivity contribution is 1.32. The van der Waals surface area contributed by atoms with E-state index in [4.69, 9.17) is 5.26 Å². The highest BCUT2D eigenvalue weighted by Gasteiger charge is 2.09. The van der Waals surface area contributed by atoms with Gasteiger partial charge in [0.15, 0.2) is 10.7 Å². The average molecular weight is 303 g/mol. The summed E-state index contributed by atoms with van der Waals surface area (Å²) in [6.07, 6.45) is 0. The third-order valence-electron chi connectivity index (χ3n) is 2.91. The molecule has 3 rings (SSSR count). The number of nitrogens with one attached hydrogen (secondary N) is 1. The van der Waals surface area contributed by atoms with Crippen molar-refractivity contribution in [1.82, 2.24) is 4.98 Å². The molecule has 0 aliphatic rings. The smallest absolute Gasteiger partial charge is 0.196 e. The third-order valence-corrected chi connectivity index (χ3v) is 3.96. The van der Waals surface area contributed by atoms with Gasteiger partial charge in [-0.2, -0.15) is 15.6 Å². The Morgan fingerprint density at radius 3 is 2.55 bits per heavy atom. The van der Waals surface area contributed by atoms with Gasteiger partial charge in [0, 0.05) is 0 Å². The average Bonchev–Trinajstić information content (AvgIpc) is 3.00. The predicted octanol–water partition coefficient (Wildman–Crippen LogP) is 3.51. The first-order valence-electron chi connectivity index (χ1n) is 6.40. The fourth-order valence-electron chi connectivity index (χ4n) is 1.83. The van der Waals surface area contributed by atoms with Crippen molar-refractivity contribution in [3.8, 4) is 12.1 Å². The number of hydrazone groups is 1. The molecule has 0 saturated heterocycles. The van der Waals surface area contributed by atoms with Gasteiger partial charge in [0.25, 0.3) is 0 Å². The molecule has 0 fully saturated rings. The number of benzene rings is 2. The van der Waals surface area contributed by atoms with Crippen LogP contribution in [0.1, 0.15) is 10.6 Å². The Kier molecular flexibility index (Phi) is 3.78. The molecule has 0 saturated carbocycles. The molecule has 104 valence electrons. The van der Waals surface area contributed by atoms with Crippen LogP contribution in [0.2, 0.25) is 0 Å². The van der Waals surface area contributed by atoms with Crippen LogP contribution in [-0.4, -0.2) is 10.7 Å². The van der Waals surface area contributed by atoms with Gasteiger partial charge in [-0.15, -0.1) is 11.3 Å². The van der Waals surface area contributed by atoms with Crippen LogP contribution in [0.3, 0.4) is 0 Å². The van der Waals surface area contributed by atoms with Crippen molar-refractivity contribution < 1.29 is 0 Å². The number of nitrogens with zero attached hydrogens (tertiary/aromatic N) is 4. The number of aromatic nitrogens is 1. The maximum Gasteiger partial charge on any atom is 0.196 e. The molecule has 0 aliphatic carbocycles. The summed E-state index contributed by atoms with van der Waals surface area (Å²) in [6.45, 7) is 0. The molecule has 1 heterocycles. The van der Waals surface area contributed by atoms with Crippen LogP contribution in [0.4, 0.5) is 5.69 Å². The van der Waals surface area contributed by atoms with E-state index >= 15 is 0 Å². The van der Waals surface area contributed by atoms with Gasteiger partial charge in [-0.3, -0.25) is 5.43 Å². The number of nitriles is 2. The third kappa shape index (κ3) is 2.78. The van der Waals surface area contributed by atoms with Gasteiger partial charge in [0.1, 0.15) is 6.07 Å². The highest BCUT2D eigenvalue weighted by molar-refractivity contribution is 7.20. The van der Waals surface area contributed by atoms with Crippen LogP contribution in [0.15, 0.2) is 53.6 Å². The maximum atomic E-state index is 9.27. The summed E-state index contributed by atoms with van der Waals surface area (Å²) < 4.78 is 1.01. The minimum Gasteiger partial charge on any atom is -0.277 e. The van der Waals surface area contributed by atoms with Gasteiger partial charge in [0.05, 0.1) is 27.5 Å². The SMILES string of the molecule is N#C/C(=N/Nc1ccc(C#N)cc1)c1nc2ccccc2s1. The number of hydrogen-bond acceptors (Lipinski definition) is 6. The molecule has 0 amide bonds. The molecule has 6 heteroatoms. The molecule has 0 radical (unpaired) electrons. The van der Waals surface area contributed by atoms with Gasteiger partial charge < -0.3 is 0 Å². The van der Waals surface area contributed by atoms with Crippen molar-refractivity contribution in [2.24, 2.45) is 5.10 Å². The predicted molar refractivity (Wildman–Crippen MR) is 86.5 cm³/mol. The summed E-state index contributed by atoms with van der Waals surface area (Å²) in [5.74, 6) is 0. The molecule has 2 aromatic carbocycles. The van der Waals surface area contributed by atoms with E-state index in [1.807, 2.05) is 30.3 Å². The minimum absolute atomic E-state index is 0.227. The van der Waals surface area contributed by atoms with E-state index < -0.39 is 0 Å². The number of thiazole rings is 1. The molecule has 1 aromatic heterocycles. The Balaban J connectivity index is 1.86. The minimum atomic E-state index is 0.227. The Morgan fingerprint density at radius 1 is 1.09 bits per heavy atom. The summed E-state index contributed by atoms with van der Waals surface area (Å²) in [6, 6.07) is 18.6. The number of rotatable bonds is 3. The number of anilines is 1. The molecule has 5 nitrogen and oxygen atoms in total. The molecule has 0 unspecified atom stereocenters. The lowest BCUT2D eigenvalue weighted by Crippen LogP contribution is -2.01. The Morgan fingerprint density at radius 2 is 1.86 bits per heavy atom. The number of hydrogen-bond donors (Lipinski definition) is 1. The second-order valence-electron chi connectivity index (χ2n) is 4.36. The highest BCUT2D eigenvalue weighted by Crippen LogP contribution is 2.22. The first-order valence-corrected chi connectivity index (χ1v) is 7.22. The highest BCUT2D eigenvalue weighted by atomic mass is 32.1. The van der Waals surface area contributed by atoms with E-state index in [1.54, 1.807) is 24.3 Å². The standard InChI is InChI=1S/C16H9N5S/c17-9-11-5-7-12(8-6-11)20-21-14(10-18)16-19-13-3-1-2-4-15(13)22-16/h1-8,20H/b21-14-. The maximum absolute atomic E-state index is 9.27. The topological polar surface area (TPSA) is 84.9 Å². The van der Waals surface area contributed by atoms with Crippen molar-refractivity contribution in [2.45, 2.75) is 0 Å². The van der Waals surface area contributed by atoms with E-state index in [-0.39, 0.29) is 5.71 Å². The molecule has 0 spiro atoms. The molecular formula is C16H9N5S. The van der Waals surface area contributed by atoms with Gasteiger partial charge in [-0.05, 0) is 36.4 Å². The summed E-state index contributed by atoms with van der Waals surface area (Å²) >= 11 is 1.42. The number of para-hydroxylation sites is 1. The van der Waals surface area contributed by atoms with Crippen molar-refractivity contribution in [1.29, 1.82) is 10.5 Å². The normalized spacial score (nSPS) is 10.9. The van der Waals surface area contributed by atoms with Crippen LogP contribution in [0, 0.1) is 22.7 Å². The summed E-state index contributed by atoms with van der Waals surface area (Å²) in [5.41, 5.74) is 5.16. The zero-order valence-electron chi connectivity index (χ0n) is 11.3. The molecule has 22 heavy (non-hydrogen) atoms. The van der Waals surface area contributed by atoms with Crippen LogP contribution in [-0.2, 0) is 0 Å². The lowest BCUT2D eigenvalue weighted by atomic mass is 10.2. The first kappa shape index (κ1) is 13.7. The molecule has 0 atom stereocenters. The van der Waals surface area contributed by atoms with Crippen molar-refractivity contribution >= 4 is 33.0 Å². The van der Waals surface area contributed by atoms with E-state index in [1.165, 1.54) is 11.3 Å². The zero-order chi connectivity index (χ0) is 15.4. The Bertz CT molecular complexity index is 893. The molecule has 0 aliphatic heterocycles. The molecule has 0 bridgehead atoms. The number of fused-ring (bicyclic) bond motifs is 1. The second-order valence-corrected chi connectivity index (χ2v) is 5.39. The van der Waals surface area contributed by atoms with E-state index in [9.17, 15) is 5.26 Å². The first-order chi connectivity index (χ1) is 10.8. The fraction of sp³-hybridized carbons (Fsp3) is 0. The van der Waals surface area contributed by atoms with Crippen LogP contribution < -0.4 is 5.43 Å². The van der Waals surface area contributed by atoms with E-state index in [0.717, 1.165) is 10.2 Å². The van der Waals surface area contributed by atoms with Crippen LogP contribution in [0.25, 0.3) is 10.2 Å². The quantitative estimate of drug-likeness (QED) is 0.592. The second kappa shape index (κ2) is 6.04. The van der Waals surface area contributed by atoms with Gasteiger partial charge in [0.2, 0.25) is 0 Å². The summed E-state index contributed by atoms with van der Waals surface area (Å²) in [5, 5.41) is 22.7. The zero-order valence-corrected chi connectivity index (χ0v) is 12.1. The van der Waals surface area contributed by atoms with Crippen molar-refractivity contribution in [3.05, 3.63) is 59.1 Å². The van der Waals surface area contributed by atoms with Gasteiger partial charge in [-0.25, -0.2) is 4.98 Å². The largest absolute Gasteiger partial charge is 0.277 e. The van der Waals surface area contributed by atoms with Crippen molar-refractivity contribution in [2.75, 3.05) is 5.43 Å². The van der Waals surface area contributed by atoms with Gasteiger partial charge >= 0.3 is 0 Å². The summed E-state index contributed by atoms with van der Waals surface area (Å²) in [4.78, 5) is 4.41. The monoisotopic (exact) mass is 303 g/mol.